The van der Waals surface area contributed by atoms with Crippen LogP contribution in [0.5, 0.6) is 0 Å². The highest BCUT2D eigenvalue weighted by Gasteiger charge is 2.37. The lowest BCUT2D eigenvalue weighted by Gasteiger charge is -2.25. The van der Waals surface area contributed by atoms with Crippen LogP contribution in [0.3, 0.4) is 0 Å². The maximum absolute atomic E-state index is 11.9. The van der Waals surface area contributed by atoms with Gasteiger partial charge in [-0.05, 0) is 43.2 Å². The van der Waals surface area contributed by atoms with Gasteiger partial charge in [-0.25, -0.2) is 5.48 Å². The Balaban J connectivity index is 2.00. The molecule has 5 heteroatoms. The quantitative estimate of drug-likeness (QED) is 0.333. The molecule has 0 aliphatic heterocycles. The fourth-order valence-corrected chi connectivity index (χ4v) is 2.63. The number of nitrogens with one attached hydrogen (secondary N) is 2. The lowest BCUT2D eigenvalue weighted by Crippen LogP contribution is -2.54. The van der Waals surface area contributed by atoms with Crippen LogP contribution < -0.4 is 16.5 Å². The van der Waals surface area contributed by atoms with E-state index in [1.807, 2.05) is 31.2 Å². The molecule has 5 nitrogen and oxygen atoms in total. The van der Waals surface area contributed by atoms with Gasteiger partial charge in [0, 0.05) is 18.2 Å². The molecule has 0 bridgehead atoms. The molecule has 1 aliphatic rings. The Kier molecular flexibility index (Phi) is 6.42. The highest BCUT2D eigenvalue weighted by Crippen LogP contribution is 2.33. The smallest absolute Gasteiger partial charge is 0.267 e. The SMILES string of the molecule is C=C(N[C@H](C(=O)NO)[C@H](N)C1CC1)c1ccc(CCC#CC)cc1. The van der Waals surface area contributed by atoms with E-state index in [9.17, 15) is 4.79 Å². The number of carbonyl (C=O) groups is 1. The fraction of sp³-hybridized carbons (Fsp3) is 0.421. The van der Waals surface area contributed by atoms with Crippen molar-refractivity contribution in [2.45, 2.75) is 44.7 Å². The molecule has 0 aromatic heterocycles. The van der Waals surface area contributed by atoms with Gasteiger partial charge in [0.2, 0.25) is 0 Å². The third-order valence-electron chi connectivity index (χ3n) is 4.29. The molecular weight excluding hydrogens is 302 g/mol. The summed E-state index contributed by atoms with van der Waals surface area (Å²) in [6, 6.07) is 6.93. The Labute approximate surface area is 143 Å². The van der Waals surface area contributed by atoms with Crippen LogP contribution >= 0.6 is 0 Å². The third-order valence-corrected chi connectivity index (χ3v) is 4.29. The van der Waals surface area contributed by atoms with E-state index < -0.39 is 11.9 Å². The van der Waals surface area contributed by atoms with Gasteiger partial charge in [0.1, 0.15) is 6.04 Å². The molecule has 1 amide bonds. The normalized spacial score (nSPS) is 15.6. The molecule has 1 aromatic rings. The second-order valence-corrected chi connectivity index (χ2v) is 6.12. The second-order valence-electron chi connectivity index (χ2n) is 6.12. The van der Waals surface area contributed by atoms with Crippen molar-refractivity contribution in [1.29, 1.82) is 0 Å². The van der Waals surface area contributed by atoms with Gasteiger partial charge < -0.3 is 11.1 Å². The topological polar surface area (TPSA) is 87.4 Å². The van der Waals surface area contributed by atoms with Crippen molar-refractivity contribution >= 4 is 11.6 Å². The van der Waals surface area contributed by atoms with E-state index >= 15 is 0 Å². The number of benzene rings is 1. The number of aryl methyl sites for hydroxylation is 1. The van der Waals surface area contributed by atoms with E-state index in [0.717, 1.165) is 31.2 Å². The number of nitrogens with two attached hydrogens (primary N) is 1. The number of amides is 1. The fourth-order valence-electron chi connectivity index (χ4n) is 2.63. The average Bonchev–Trinajstić information content (AvgIpc) is 3.44. The Bertz CT molecular complexity index is 639. The van der Waals surface area contributed by atoms with Gasteiger partial charge in [-0.1, -0.05) is 30.8 Å². The summed E-state index contributed by atoms with van der Waals surface area (Å²) in [7, 11) is 0. The number of carbonyl (C=O) groups excluding carboxylic acids is 1. The largest absolute Gasteiger partial charge is 0.372 e. The van der Waals surface area contributed by atoms with Gasteiger partial charge in [-0.2, -0.15) is 0 Å². The Morgan fingerprint density at radius 3 is 2.62 bits per heavy atom. The van der Waals surface area contributed by atoms with Gasteiger partial charge in [-0.3, -0.25) is 10.0 Å². The predicted molar refractivity (Wildman–Crippen MR) is 94.8 cm³/mol. The molecule has 0 spiro atoms. The van der Waals surface area contributed by atoms with Crippen LogP contribution in [0.2, 0.25) is 0 Å². The minimum Gasteiger partial charge on any atom is -0.372 e. The predicted octanol–water partition coefficient (Wildman–Crippen LogP) is 1.81. The molecule has 2 atom stereocenters. The highest BCUT2D eigenvalue weighted by atomic mass is 16.5. The minimum atomic E-state index is -0.700. The molecular formula is C19H25N3O2. The molecule has 128 valence electrons. The zero-order valence-electron chi connectivity index (χ0n) is 14.0. The van der Waals surface area contributed by atoms with Crippen molar-refractivity contribution in [2.24, 2.45) is 11.7 Å². The van der Waals surface area contributed by atoms with E-state index in [1.54, 1.807) is 5.48 Å². The maximum Gasteiger partial charge on any atom is 0.267 e. The summed E-state index contributed by atoms with van der Waals surface area (Å²) >= 11 is 0. The van der Waals surface area contributed by atoms with E-state index in [1.165, 1.54) is 5.56 Å². The lowest BCUT2D eigenvalue weighted by atomic mass is 10.0. The molecule has 0 heterocycles. The van der Waals surface area contributed by atoms with Crippen molar-refractivity contribution in [3.63, 3.8) is 0 Å². The molecule has 0 radical (unpaired) electrons. The molecule has 0 saturated heterocycles. The van der Waals surface area contributed by atoms with E-state index in [2.05, 4.69) is 23.7 Å². The van der Waals surface area contributed by atoms with Crippen LogP contribution in [0, 0.1) is 17.8 Å². The zero-order chi connectivity index (χ0) is 17.5. The van der Waals surface area contributed by atoms with Crippen molar-refractivity contribution in [2.75, 3.05) is 0 Å². The summed E-state index contributed by atoms with van der Waals surface area (Å²) in [6.45, 7) is 5.84. The molecule has 1 saturated carbocycles. The molecule has 24 heavy (non-hydrogen) atoms. The number of hydrogen-bond acceptors (Lipinski definition) is 4. The molecule has 1 aliphatic carbocycles. The van der Waals surface area contributed by atoms with Gasteiger partial charge in [0.25, 0.3) is 5.91 Å². The van der Waals surface area contributed by atoms with Crippen molar-refractivity contribution < 1.29 is 10.0 Å². The van der Waals surface area contributed by atoms with Gasteiger partial charge in [-0.15, -0.1) is 11.8 Å². The minimum absolute atomic E-state index is 0.314. The van der Waals surface area contributed by atoms with Crippen LogP contribution in [0.4, 0.5) is 0 Å². The van der Waals surface area contributed by atoms with Gasteiger partial charge in [0.15, 0.2) is 0 Å². The monoisotopic (exact) mass is 327 g/mol. The first-order chi connectivity index (χ1) is 11.6. The third kappa shape index (κ3) is 4.85. The van der Waals surface area contributed by atoms with Crippen LogP contribution in [0.15, 0.2) is 30.8 Å². The number of hydroxylamine groups is 1. The first-order valence-electron chi connectivity index (χ1n) is 8.20. The Morgan fingerprint density at radius 2 is 2.08 bits per heavy atom. The van der Waals surface area contributed by atoms with Crippen molar-refractivity contribution in [1.82, 2.24) is 10.8 Å². The van der Waals surface area contributed by atoms with Crippen LogP contribution in [0.1, 0.15) is 37.3 Å². The summed E-state index contributed by atoms with van der Waals surface area (Å²) in [6.07, 6.45) is 3.77. The van der Waals surface area contributed by atoms with Crippen LogP contribution in [-0.4, -0.2) is 23.2 Å². The first-order valence-corrected chi connectivity index (χ1v) is 8.20. The summed E-state index contributed by atoms with van der Waals surface area (Å²) in [4.78, 5) is 11.9. The number of hydrogen-bond donors (Lipinski definition) is 4. The van der Waals surface area contributed by atoms with E-state index in [-0.39, 0.29) is 6.04 Å². The Morgan fingerprint density at radius 1 is 1.42 bits per heavy atom. The second kappa shape index (κ2) is 8.53. The molecule has 2 rings (SSSR count). The van der Waals surface area contributed by atoms with Crippen LogP contribution in [0.25, 0.3) is 5.70 Å². The molecule has 0 unspecified atom stereocenters. The summed E-state index contributed by atoms with van der Waals surface area (Å²) in [5, 5.41) is 12.0. The van der Waals surface area contributed by atoms with E-state index in [4.69, 9.17) is 10.9 Å². The molecule has 5 N–H and O–H groups in total. The number of rotatable bonds is 8. The standard InChI is InChI=1S/C19H25N3O2/c1-3-4-5-6-14-7-9-15(10-8-14)13(2)21-18(19(23)22-24)17(20)16-11-12-16/h7-10,16-18,21,24H,2,5-6,11-12,20H2,1H3,(H,22,23)/t17-,18+/m1/s1. The maximum atomic E-state index is 11.9. The molecule has 1 fully saturated rings. The zero-order valence-corrected chi connectivity index (χ0v) is 14.0. The summed E-state index contributed by atoms with van der Waals surface area (Å²) < 4.78 is 0. The van der Waals surface area contributed by atoms with Crippen LogP contribution in [-0.2, 0) is 11.2 Å². The Hall–Kier alpha value is -2.29. The average molecular weight is 327 g/mol. The van der Waals surface area contributed by atoms with Crippen molar-refractivity contribution in [3.05, 3.63) is 42.0 Å². The summed E-state index contributed by atoms with van der Waals surface area (Å²) in [5.74, 6) is 5.71. The summed E-state index contributed by atoms with van der Waals surface area (Å²) in [5.41, 5.74) is 10.5. The van der Waals surface area contributed by atoms with Gasteiger partial charge >= 0.3 is 0 Å². The highest BCUT2D eigenvalue weighted by molar-refractivity contribution is 5.83. The van der Waals surface area contributed by atoms with Crippen molar-refractivity contribution in [3.8, 4) is 11.8 Å². The van der Waals surface area contributed by atoms with E-state index in [0.29, 0.717) is 11.6 Å². The van der Waals surface area contributed by atoms with Gasteiger partial charge in [0.05, 0.1) is 0 Å². The molecule has 1 aromatic carbocycles. The first kappa shape index (κ1) is 18.1. The lowest BCUT2D eigenvalue weighted by molar-refractivity contribution is -0.131.